The van der Waals surface area contributed by atoms with Crippen LogP contribution in [0.5, 0.6) is 11.5 Å². The summed E-state index contributed by atoms with van der Waals surface area (Å²) in [6, 6.07) is 9.33. The van der Waals surface area contributed by atoms with Crippen molar-refractivity contribution >= 4 is 10.0 Å². The number of nitrogens with zero attached hydrogens (tertiary/aromatic N) is 1. The van der Waals surface area contributed by atoms with Crippen LogP contribution in [0.2, 0.25) is 0 Å². The number of hydrogen-bond donors (Lipinski definition) is 0. The fourth-order valence-electron chi connectivity index (χ4n) is 3.35. The van der Waals surface area contributed by atoms with E-state index in [4.69, 9.17) is 9.47 Å². The molecular formula is C18H19NO4S. The minimum Gasteiger partial charge on any atom is -0.454 e. The van der Waals surface area contributed by atoms with Crippen molar-refractivity contribution in [1.82, 2.24) is 4.31 Å². The van der Waals surface area contributed by atoms with Crippen molar-refractivity contribution in [3.05, 3.63) is 52.6 Å². The zero-order valence-corrected chi connectivity index (χ0v) is 14.5. The predicted molar refractivity (Wildman–Crippen MR) is 89.8 cm³/mol. The Balaban J connectivity index is 1.68. The van der Waals surface area contributed by atoms with Gasteiger partial charge in [-0.1, -0.05) is 17.7 Å². The smallest absolute Gasteiger partial charge is 0.243 e. The van der Waals surface area contributed by atoms with Gasteiger partial charge < -0.3 is 9.47 Å². The normalized spacial score (nSPS) is 16.9. The summed E-state index contributed by atoms with van der Waals surface area (Å²) in [5.41, 5.74) is 3.96. The number of aryl methyl sites for hydroxylation is 2. The highest BCUT2D eigenvalue weighted by atomic mass is 32.2. The van der Waals surface area contributed by atoms with Gasteiger partial charge in [0.2, 0.25) is 16.8 Å². The van der Waals surface area contributed by atoms with E-state index >= 15 is 0 Å². The largest absolute Gasteiger partial charge is 0.454 e. The van der Waals surface area contributed by atoms with E-state index < -0.39 is 10.0 Å². The first-order valence-electron chi connectivity index (χ1n) is 7.94. The lowest BCUT2D eigenvalue weighted by atomic mass is 10.0. The third-order valence-electron chi connectivity index (χ3n) is 4.62. The van der Waals surface area contributed by atoms with Crippen LogP contribution in [0, 0.1) is 13.8 Å². The molecule has 2 aromatic rings. The minimum absolute atomic E-state index is 0.225. The second kappa shape index (κ2) is 5.50. The molecule has 0 amide bonds. The monoisotopic (exact) mass is 345 g/mol. The van der Waals surface area contributed by atoms with Crippen molar-refractivity contribution in [3.8, 4) is 11.5 Å². The number of rotatable bonds is 2. The molecule has 0 spiro atoms. The number of sulfonamides is 1. The Labute approximate surface area is 141 Å². The Morgan fingerprint density at radius 3 is 2.42 bits per heavy atom. The van der Waals surface area contributed by atoms with Gasteiger partial charge in [0.15, 0.2) is 11.5 Å². The number of benzene rings is 2. The van der Waals surface area contributed by atoms with E-state index in [2.05, 4.69) is 0 Å². The van der Waals surface area contributed by atoms with E-state index in [1.165, 1.54) is 0 Å². The van der Waals surface area contributed by atoms with E-state index in [1.807, 2.05) is 38.1 Å². The number of ether oxygens (including phenoxy) is 2. The Bertz CT molecular complexity index is 921. The SMILES string of the molecule is Cc1ccc(S(=O)(=O)N2CCc3cc4c(cc3C2)OCO4)c(C)c1. The Hall–Kier alpha value is -2.05. The molecule has 24 heavy (non-hydrogen) atoms. The highest BCUT2D eigenvalue weighted by Gasteiger charge is 2.31. The molecule has 0 aliphatic carbocycles. The van der Waals surface area contributed by atoms with Gasteiger partial charge in [-0.3, -0.25) is 0 Å². The fraction of sp³-hybridized carbons (Fsp3) is 0.333. The van der Waals surface area contributed by atoms with Crippen LogP contribution in [0.15, 0.2) is 35.2 Å². The minimum atomic E-state index is -3.50. The van der Waals surface area contributed by atoms with Crippen molar-refractivity contribution in [1.29, 1.82) is 0 Å². The van der Waals surface area contributed by atoms with Crippen LogP contribution >= 0.6 is 0 Å². The molecule has 2 aliphatic rings. The predicted octanol–water partition coefficient (Wildman–Crippen LogP) is 2.78. The van der Waals surface area contributed by atoms with E-state index in [1.54, 1.807) is 10.4 Å². The molecule has 0 aromatic heterocycles. The van der Waals surface area contributed by atoms with Gasteiger partial charge in [-0.25, -0.2) is 8.42 Å². The van der Waals surface area contributed by atoms with E-state index in [9.17, 15) is 8.42 Å². The Morgan fingerprint density at radius 2 is 1.71 bits per heavy atom. The van der Waals surface area contributed by atoms with E-state index in [0.29, 0.717) is 30.2 Å². The maximum atomic E-state index is 13.0. The summed E-state index contributed by atoms with van der Waals surface area (Å²) >= 11 is 0. The second-order valence-corrected chi connectivity index (χ2v) is 8.24. The molecule has 5 nitrogen and oxygen atoms in total. The lowest BCUT2D eigenvalue weighted by Gasteiger charge is -2.28. The van der Waals surface area contributed by atoms with Gasteiger partial charge in [0, 0.05) is 13.1 Å². The van der Waals surface area contributed by atoms with E-state index in [0.717, 1.165) is 28.0 Å². The summed E-state index contributed by atoms with van der Waals surface area (Å²) in [4.78, 5) is 0.386. The third kappa shape index (κ3) is 2.46. The molecule has 0 radical (unpaired) electrons. The zero-order chi connectivity index (χ0) is 16.9. The van der Waals surface area contributed by atoms with E-state index in [-0.39, 0.29) is 6.79 Å². The highest BCUT2D eigenvalue weighted by Crippen LogP contribution is 2.37. The summed E-state index contributed by atoms with van der Waals surface area (Å²) < 4.78 is 38.4. The van der Waals surface area contributed by atoms with Crippen LogP contribution in [0.1, 0.15) is 22.3 Å². The molecule has 6 heteroatoms. The van der Waals surface area contributed by atoms with Gasteiger partial charge in [0.1, 0.15) is 0 Å². The van der Waals surface area contributed by atoms with Gasteiger partial charge >= 0.3 is 0 Å². The average Bonchev–Trinajstić information content (AvgIpc) is 2.98. The molecule has 2 heterocycles. The molecule has 0 atom stereocenters. The molecule has 2 aromatic carbocycles. The molecule has 0 saturated heterocycles. The number of hydrogen-bond acceptors (Lipinski definition) is 4. The van der Waals surface area contributed by atoms with Gasteiger partial charge in [-0.15, -0.1) is 0 Å². The standard InChI is InChI=1S/C18H19NO4S/c1-12-3-4-18(13(2)7-12)24(20,21)19-6-5-14-8-16-17(23-11-22-16)9-15(14)10-19/h3-4,7-9H,5-6,10-11H2,1-2H3. The summed E-state index contributed by atoms with van der Waals surface area (Å²) in [6.45, 7) is 4.87. The molecule has 0 fully saturated rings. The molecule has 0 unspecified atom stereocenters. The molecule has 0 saturated carbocycles. The summed E-state index contributed by atoms with van der Waals surface area (Å²) in [5.74, 6) is 1.44. The lowest BCUT2D eigenvalue weighted by molar-refractivity contribution is 0.174. The van der Waals surface area contributed by atoms with Crippen molar-refractivity contribution in [3.63, 3.8) is 0 Å². The summed E-state index contributed by atoms with van der Waals surface area (Å²) in [5, 5.41) is 0. The van der Waals surface area contributed by atoms with Crippen molar-refractivity contribution in [2.75, 3.05) is 13.3 Å². The zero-order valence-electron chi connectivity index (χ0n) is 13.7. The van der Waals surface area contributed by atoms with Crippen LogP contribution in [0.3, 0.4) is 0 Å². The van der Waals surface area contributed by atoms with Crippen LogP contribution in [0.4, 0.5) is 0 Å². The van der Waals surface area contributed by atoms with Gasteiger partial charge in [0.05, 0.1) is 4.90 Å². The van der Waals surface area contributed by atoms with Gasteiger partial charge in [-0.2, -0.15) is 4.31 Å². The number of fused-ring (bicyclic) bond motifs is 2. The van der Waals surface area contributed by atoms with Crippen LogP contribution < -0.4 is 9.47 Å². The molecule has 0 N–H and O–H groups in total. The molecule has 126 valence electrons. The highest BCUT2D eigenvalue weighted by molar-refractivity contribution is 7.89. The maximum Gasteiger partial charge on any atom is 0.243 e. The van der Waals surface area contributed by atoms with Gasteiger partial charge in [0.25, 0.3) is 0 Å². The average molecular weight is 345 g/mol. The van der Waals surface area contributed by atoms with Crippen molar-refractivity contribution in [2.45, 2.75) is 31.7 Å². The third-order valence-corrected chi connectivity index (χ3v) is 6.63. The first kappa shape index (κ1) is 15.5. The lowest BCUT2D eigenvalue weighted by Crippen LogP contribution is -2.36. The molecular weight excluding hydrogens is 326 g/mol. The maximum absolute atomic E-state index is 13.0. The molecule has 2 aliphatic heterocycles. The second-order valence-electron chi connectivity index (χ2n) is 6.33. The van der Waals surface area contributed by atoms with Crippen LogP contribution in [0.25, 0.3) is 0 Å². The Kier molecular flexibility index (Phi) is 3.54. The summed E-state index contributed by atoms with van der Waals surface area (Å²) in [6.07, 6.45) is 0.677. The first-order chi connectivity index (χ1) is 11.4. The Morgan fingerprint density at radius 1 is 1.00 bits per heavy atom. The fourth-order valence-corrected chi connectivity index (χ4v) is 4.98. The van der Waals surface area contributed by atoms with Crippen molar-refractivity contribution < 1.29 is 17.9 Å². The van der Waals surface area contributed by atoms with Gasteiger partial charge in [-0.05, 0) is 55.2 Å². The first-order valence-corrected chi connectivity index (χ1v) is 9.38. The topological polar surface area (TPSA) is 55.8 Å². The van der Waals surface area contributed by atoms with Crippen LogP contribution in [-0.4, -0.2) is 26.1 Å². The summed E-state index contributed by atoms with van der Waals surface area (Å²) in [7, 11) is -3.50. The molecule has 4 rings (SSSR count). The van der Waals surface area contributed by atoms with Crippen LogP contribution in [-0.2, 0) is 23.0 Å². The van der Waals surface area contributed by atoms with Crippen molar-refractivity contribution in [2.24, 2.45) is 0 Å². The molecule has 0 bridgehead atoms. The quantitative estimate of drug-likeness (QED) is 0.840.